The summed E-state index contributed by atoms with van der Waals surface area (Å²) in [6, 6.07) is 0. The van der Waals surface area contributed by atoms with Crippen molar-refractivity contribution in [2.45, 2.75) is 33.6 Å². The van der Waals surface area contributed by atoms with Crippen molar-refractivity contribution in [2.75, 3.05) is 6.54 Å². The van der Waals surface area contributed by atoms with E-state index >= 15 is 0 Å². The first-order valence-electron chi connectivity index (χ1n) is 5.09. The normalized spacial score (nSPS) is 19.7. The highest BCUT2D eigenvalue weighted by Crippen LogP contribution is 2.34. The molecular formula is C11H17NO3. The highest BCUT2D eigenvalue weighted by atomic mass is 16.4. The van der Waals surface area contributed by atoms with Gasteiger partial charge in [0.1, 0.15) is 0 Å². The van der Waals surface area contributed by atoms with Crippen LogP contribution in [0.2, 0.25) is 0 Å². The van der Waals surface area contributed by atoms with E-state index in [1.54, 1.807) is 6.92 Å². The third-order valence-corrected chi connectivity index (χ3v) is 2.53. The molecule has 84 valence electrons. The molecule has 0 saturated heterocycles. The maximum absolute atomic E-state index is 11.4. The zero-order valence-corrected chi connectivity index (χ0v) is 9.41. The summed E-state index contributed by atoms with van der Waals surface area (Å²) in [5.41, 5.74) is 0.482. The van der Waals surface area contributed by atoms with Gasteiger partial charge in [0, 0.05) is 24.7 Å². The van der Waals surface area contributed by atoms with Crippen LogP contribution in [0.1, 0.15) is 33.6 Å². The SMILES string of the molecule is CCN(C(=O)O)C1=CC(=O)CC(C)(C)C1. The minimum absolute atomic E-state index is 0.0148. The van der Waals surface area contributed by atoms with E-state index < -0.39 is 6.09 Å². The summed E-state index contributed by atoms with van der Waals surface area (Å²) in [5, 5.41) is 8.96. The van der Waals surface area contributed by atoms with Crippen LogP contribution in [-0.2, 0) is 4.79 Å². The van der Waals surface area contributed by atoms with Crippen LogP contribution in [0.5, 0.6) is 0 Å². The number of carbonyl (C=O) groups is 2. The van der Waals surface area contributed by atoms with Crippen molar-refractivity contribution < 1.29 is 14.7 Å². The number of carboxylic acid groups (broad SMARTS) is 1. The van der Waals surface area contributed by atoms with Gasteiger partial charge in [-0.25, -0.2) is 4.79 Å². The summed E-state index contributed by atoms with van der Waals surface area (Å²) in [7, 11) is 0. The molecule has 0 aromatic rings. The maximum atomic E-state index is 11.4. The van der Waals surface area contributed by atoms with Gasteiger partial charge in [0.25, 0.3) is 0 Å². The Hall–Kier alpha value is -1.32. The molecule has 0 atom stereocenters. The van der Waals surface area contributed by atoms with Crippen LogP contribution >= 0.6 is 0 Å². The number of rotatable bonds is 2. The van der Waals surface area contributed by atoms with Gasteiger partial charge in [0.05, 0.1) is 0 Å². The van der Waals surface area contributed by atoms with Crippen LogP contribution in [0.15, 0.2) is 11.8 Å². The summed E-state index contributed by atoms with van der Waals surface area (Å²) in [6.07, 6.45) is 1.60. The number of hydrogen-bond acceptors (Lipinski definition) is 2. The van der Waals surface area contributed by atoms with Gasteiger partial charge >= 0.3 is 6.09 Å². The van der Waals surface area contributed by atoms with E-state index in [-0.39, 0.29) is 11.2 Å². The van der Waals surface area contributed by atoms with Crippen molar-refractivity contribution >= 4 is 11.9 Å². The van der Waals surface area contributed by atoms with Crippen molar-refractivity contribution in [2.24, 2.45) is 5.41 Å². The van der Waals surface area contributed by atoms with Gasteiger partial charge in [-0.15, -0.1) is 0 Å². The number of nitrogens with zero attached hydrogens (tertiary/aromatic N) is 1. The minimum atomic E-state index is -0.991. The monoisotopic (exact) mass is 211 g/mol. The molecular weight excluding hydrogens is 194 g/mol. The molecule has 0 heterocycles. The second kappa shape index (κ2) is 4.04. The number of carbonyl (C=O) groups excluding carboxylic acids is 1. The van der Waals surface area contributed by atoms with Crippen LogP contribution in [-0.4, -0.2) is 28.4 Å². The molecule has 0 spiro atoms. The van der Waals surface area contributed by atoms with E-state index in [4.69, 9.17) is 5.11 Å². The Labute approximate surface area is 89.6 Å². The fourth-order valence-corrected chi connectivity index (χ4v) is 1.95. The highest BCUT2D eigenvalue weighted by molar-refractivity contribution is 5.92. The lowest BCUT2D eigenvalue weighted by atomic mass is 9.78. The Balaban J connectivity index is 2.94. The number of hydrogen-bond donors (Lipinski definition) is 1. The molecule has 0 saturated carbocycles. The van der Waals surface area contributed by atoms with Crippen LogP contribution < -0.4 is 0 Å². The lowest BCUT2D eigenvalue weighted by Crippen LogP contribution is -2.34. The summed E-state index contributed by atoms with van der Waals surface area (Å²) in [5.74, 6) is 0.0148. The van der Waals surface area contributed by atoms with Crippen molar-refractivity contribution in [1.29, 1.82) is 0 Å². The van der Waals surface area contributed by atoms with Gasteiger partial charge in [0.15, 0.2) is 5.78 Å². The quantitative estimate of drug-likeness (QED) is 0.762. The highest BCUT2D eigenvalue weighted by Gasteiger charge is 2.31. The largest absolute Gasteiger partial charge is 0.465 e. The Morgan fingerprint density at radius 2 is 2.13 bits per heavy atom. The van der Waals surface area contributed by atoms with Crippen LogP contribution in [0.4, 0.5) is 4.79 Å². The van der Waals surface area contributed by atoms with Gasteiger partial charge < -0.3 is 5.11 Å². The van der Waals surface area contributed by atoms with Crippen molar-refractivity contribution in [3.63, 3.8) is 0 Å². The predicted octanol–water partition coefficient (Wildman–Crippen LogP) is 2.26. The minimum Gasteiger partial charge on any atom is -0.465 e. The molecule has 4 nitrogen and oxygen atoms in total. The zero-order valence-electron chi connectivity index (χ0n) is 9.41. The molecule has 4 heteroatoms. The Morgan fingerprint density at radius 3 is 2.53 bits per heavy atom. The van der Waals surface area contributed by atoms with Gasteiger partial charge in [-0.3, -0.25) is 9.69 Å². The first-order valence-corrected chi connectivity index (χ1v) is 5.09. The first kappa shape index (κ1) is 11.8. The standard InChI is InChI=1S/C11H17NO3/c1-4-12(10(14)15)8-5-9(13)7-11(2,3)6-8/h5H,4,6-7H2,1-3H3,(H,14,15). The second-order valence-corrected chi connectivity index (χ2v) is 4.65. The van der Waals surface area contributed by atoms with E-state index in [9.17, 15) is 9.59 Å². The van der Waals surface area contributed by atoms with Gasteiger partial charge in [-0.1, -0.05) is 13.8 Å². The molecule has 0 bridgehead atoms. The number of ketones is 1. The van der Waals surface area contributed by atoms with Gasteiger partial charge in [-0.05, 0) is 18.8 Å². The number of amides is 1. The summed E-state index contributed by atoms with van der Waals surface area (Å²) in [6.45, 7) is 6.10. The molecule has 1 aliphatic carbocycles. The average molecular weight is 211 g/mol. The number of allylic oxidation sites excluding steroid dienone is 2. The van der Waals surface area contributed by atoms with Crippen LogP contribution in [0.25, 0.3) is 0 Å². The van der Waals surface area contributed by atoms with Gasteiger partial charge in [0.2, 0.25) is 0 Å². The Morgan fingerprint density at radius 1 is 1.53 bits per heavy atom. The molecule has 15 heavy (non-hydrogen) atoms. The summed E-state index contributed by atoms with van der Waals surface area (Å²) in [4.78, 5) is 23.6. The molecule has 0 fully saturated rings. The fourth-order valence-electron chi connectivity index (χ4n) is 1.95. The molecule has 1 rings (SSSR count). The fraction of sp³-hybridized carbons (Fsp3) is 0.636. The van der Waals surface area contributed by atoms with Crippen LogP contribution in [0.3, 0.4) is 0 Å². The zero-order chi connectivity index (χ0) is 11.6. The molecule has 0 unspecified atom stereocenters. The van der Waals surface area contributed by atoms with Crippen LogP contribution in [0, 0.1) is 5.41 Å². The summed E-state index contributed by atoms with van der Waals surface area (Å²) < 4.78 is 0. The summed E-state index contributed by atoms with van der Waals surface area (Å²) >= 11 is 0. The first-order chi connectivity index (χ1) is 6.85. The van der Waals surface area contributed by atoms with Crippen molar-refractivity contribution in [1.82, 2.24) is 4.90 Å². The second-order valence-electron chi connectivity index (χ2n) is 4.65. The van der Waals surface area contributed by atoms with E-state index in [0.29, 0.717) is 25.1 Å². The predicted molar refractivity (Wildman–Crippen MR) is 56.5 cm³/mol. The molecule has 0 aromatic heterocycles. The lowest BCUT2D eigenvalue weighted by Gasteiger charge is -2.32. The smallest absolute Gasteiger partial charge is 0.411 e. The average Bonchev–Trinajstić information content (AvgIpc) is 1.99. The van der Waals surface area contributed by atoms with E-state index in [1.165, 1.54) is 11.0 Å². The van der Waals surface area contributed by atoms with Gasteiger partial charge in [-0.2, -0.15) is 0 Å². The topological polar surface area (TPSA) is 57.6 Å². The van der Waals surface area contributed by atoms with Crippen molar-refractivity contribution in [3.05, 3.63) is 11.8 Å². The lowest BCUT2D eigenvalue weighted by molar-refractivity contribution is -0.117. The molecule has 0 aromatic carbocycles. The van der Waals surface area contributed by atoms with Crippen molar-refractivity contribution in [3.8, 4) is 0 Å². The third kappa shape index (κ3) is 2.81. The Kier molecular flexibility index (Phi) is 3.17. The molecule has 1 amide bonds. The Bertz CT molecular complexity index is 318. The van der Waals surface area contributed by atoms with E-state index in [1.807, 2.05) is 13.8 Å². The molecule has 1 N–H and O–H groups in total. The third-order valence-electron chi connectivity index (χ3n) is 2.53. The van der Waals surface area contributed by atoms with E-state index in [0.717, 1.165) is 0 Å². The molecule has 0 aliphatic heterocycles. The maximum Gasteiger partial charge on any atom is 0.411 e. The molecule has 0 radical (unpaired) electrons. The van der Waals surface area contributed by atoms with E-state index in [2.05, 4.69) is 0 Å². The molecule has 1 aliphatic rings.